The third kappa shape index (κ3) is 3.45. The lowest BCUT2D eigenvalue weighted by Gasteiger charge is -2.51. The van der Waals surface area contributed by atoms with Crippen LogP contribution in [0.25, 0.3) is 10.9 Å². The highest BCUT2D eigenvalue weighted by atomic mass is 16.2. The van der Waals surface area contributed by atoms with Crippen LogP contribution < -0.4 is 0 Å². The topological polar surface area (TPSA) is 56.4 Å². The molecule has 0 saturated carbocycles. The maximum Gasteiger partial charge on any atom is 0.254 e. The van der Waals surface area contributed by atoms with Gasteiger partial charge in [-0.05, 0) is 48.1 Å². The Kier molecular flexibility index (Phi) is 5.44. The van der Waals surface area contributed by atoms with Gasteiger partial charge in [0.2, 0.25) is 5.91 Å². The summed E-state index contributed by atoms with van der Waals surface area (Å²) in [7, 11) is 0. The second kappa shape index (κ2) is 8.66. The molecule has 5 nitrogen and oxygen atoms in total. The first-order valence-corrected chi connectivity index (χ1v) is 12.8. The number of fused-ring (bicyclic) bond motifs is 5. The summed E-state index contributed by atoms with van der Waals surface area (Å²) in [4.78, 5) is 34.9. The van der Waals surface area contributed by atoms with E-state index in [0.29, 0.717) is 13.1 Å². The molecule has 3 aromatic carbocycles. The molecule has 1 fully saturated rings. The maximum atomic E-state index is 14.1. The smallest absolute Gasteiger partial charge is 0.254 e. The molecule has 6 rings (SSSR count). The molecule has 0 aliphatic carbocycles. The lowest BCUT2D eigenvalue weighted by Crippen LogP contribution is -2.67. The van der Waals surface area contributed by atoms with E-state index in [4.69, 9.17) is 0 Å². The second-order valence-electron chi connectivity index (χ2n) is 10.1. The van der Waals surface area contributed by atoms with E-state index in [1.807, 2.05) is 42.2 Å². The van der Waals surface area contributed by atoms with E-state index in [1.165, 1.54) is 11.1 Å². The molecule has 5 heteroatoms. The van der Waals surface area contributed by atoms with Crippen LogP contribution in [-0.2, 0) is 28.0 Å². The van der Waals surface area contributed by atoms with Gasteiger partial charge in [-0.15, -0.1) is 0 Å². The van der Waals surface area contributed by atoms with E-state index in [1.54, 1.807) is 4.90 Å². The van der Waals surface area contributed by atoms with Crippen molar-refractivity contribution in [1.29, 1.82) is 0 Å². The largest absolute Gasteiger partial charge is 0.356 e. The quantitative estimate of drug-likeness (QED) is 0.440. The number of rotatable bonds is 5. The average Bonchev–Trinajstić information content (AvgIpc) is 3.32. The van der Waals surface area contributed by atoms with E-state index in [0.717, 1.165) is 40.6 Å². The number of nitrogens with one attached hydrogen (secondary N) is 1. The summed E-state index contributed by atoms with van der Waals surface area (Å²) in [6.45, 7) is 5.22. The molecule has 3 heterocycles. The van der Waals surface area contributed by atoms with Crippen LogP contribution in [-0.4, -0.2) is 46.2 Å². The highest BCUT2D eigenvalue weighted by Gasteiger charge is 2.56. The van der Waals surface area contributed by atoms with Gasteiger partial charge in [-0.25, -0.2) is 0 Å². The number of H-pyrrole nitrogens is 1. The summed E-state index contributed by atoms with van der Waals surface area (Å²) in [6, 6.07) is 27.1. The van der Waals surface area contributed by atoms with Crippen LogP contribution >= 0.6 is 0 Å². The van der Waals surface area contributed by atoms with Crippen LogP contribution in [0, 0.1) is 0 Å². The van der Waals surface area contributed by atoms with Crippen LogP contribution in [0.15, 0.2) is 78.9 Å². The number of nitrogens with zero attached hydrogens (tertiary/aromatic N) is 2. The summed E-state index contributed by atoms with van der Waals surface area (Å²) >= 11 is 0. The summed E-state index contributed by atoms with van der Waals surface area (Å²) in [5.74, 6) is -0.00184. The molecule has 0 spiro atoms. The summed E-state index contributed by atoms with van der Waals surface area (Å²) in [5.41, 5.74) is 5.56. The molecule has 2 aliphatic rings. The summed E-state index contributed by atoms with van der Waals surface area (Å²) in [5, 5.41) is 1.12. The number of carbonyl (C=O) groups is 2. The zero-order chi connectivity index (χ0) is 24.9. The molecule has 2 amide bonds. The Bertz CT molecular complexity index is 1440. The number of aromatic amines is 1. The van der Waals surface area contributed by atoms with Crippen molar-refractivity contribution in [1.82, 2.24) is 14.8 Å². The van der Waals surface area contributed by atoms with Crippen molar-refractivity contribution in [3.63, 3.8) is 0 Å². The summed E-state index contributed by atoms with van der Waals surface area (Å²) in [6.07, 6.45) is 1.71. The van der Waals surface area contributed by atoms with Gasteiger partial charge >= 0.3 is 0 Å². The minimum Gasteiger partial charge on any atom is -0.356 e. The standard InChI is InChI=1S/C31H31N3O2/c1-3-21-13-15-23(16-14-21)25-19-34-27(35)20-33(18-17-22-9-5-4-6-10-22)30(36)31(34,2)29-28(25)24-11-7-8-12-26(24)32-29/h4-16,25,32H,3,17-20H2,1-2H3/t25-,31-/m0/s1. The van der Waals surface area contributed by atoms with Gasteiger partial charge in [-0.2, -0.15) is 0 Å². The van der Waals surface area contributed by atoms with E-state index >= 15 is 0 Å². The molecule has 0 unspecified atom stereocenters. The Hall–Kier alpha value is -3.86. The van der Waals surface area contributed by atoms with Crippen molar-refractivity contribution in [2.24, 2.45) is 0 Å². The van der Waals surface area contributed by atoms with Crippen molar-refractivity contribution < 1.29 is 9.59 Å². The van der Waals surface area contributed by atoms with E-state index in [2.05, 4.69) is 60.4 Å². The first-order valence-electron chi connectivity index (χ1n) is 12.8. The highest BCUT2D eigenvalue weighted by Crippen LogP contribution is 2.48. The monoisotopic (exact) mass is 477 g/mol. The maximum absolute atomic E-state index is 14.1. The first-order chi connectivity index (χ1) is 17.5. The van der Waals surface area contributed by atoms with E-state index in [9.17, 15) is 9.59 Å². The molecular weight excluding hydrogens is 446 g/mol. The number of piperazine rings is 1. The lowest BCUT2D eigenvalue weighted by atomic mass is 9.76. The minimum atomic E-state index is -1.06. The SMILES string of the molecule is CCc1ccc([C@@H]2CN3C(=O)CN(CCc4ccccc4)C(=O)[C@]3(C)c3[nH]c4ccccc4c32)cc1. The number of aryl methyl sites for hydroxylation is 1. The van der Waals surface area contributed by atoms with E-state index < -0.39 is 5.54 Å². The third-order valence-electron chi connectivity index (χ3n) is 8.12. The van der Waals surface area contributed by atoms with Gasteiger partial charge < -0.3 is 14.8 Å². The Labute approximate surface area is 211 Å². The fourth-order valence-corrected chi connectivity index (χ4v) is 6.05. The Morgan fingerprint density at radius 1 is 0.917 bits per heavy atom. The Morgan fingerprint density at radius 3 is 2.39 bits per heavy atom. The molecule has 2 atom stereocenters. The minimum absolute atomic E-state index is 0.00255. The van der Waals surface area contributed by atoms with Crippen molar-refractivity contribution in [2.75, 3.05) is 19.6 Å². The zero-order valence-electron chi connectivity index (χ0n) is 20.8. The van der Waals surface area contributed by atoms with E-state index in [-0.39, 0.29) is 24.3 Å². The lowest BCUT2D eigenvalue weighted by molar-refractivity contribution is -0.166. The molecule has 2 aliphatic heterocycles. The number of hydrogen-bond acceptors (Lipinski definition) is 2. The van der Waals surface area contributed by atoms with Crippen molar-refractivity contribution >= 4 is 22.7 Å². The fraction of sp³-hybridized carbons (Fsp3) is 0.290. The molecule has 36 heavy (non-hydrogen) atoms. The first kappa shape index (κ1) is 22.6. The normalized spacial score (nSPS) is 21.6. The average molecular weight is 478 g/mol. The molecule has 182 valence electrons. The van der Waals surface area contributed by atoms with Gasteiger partial charge in [-0.1, -0.05) is 79.7 Å². The van der Waals surface area contributed by atoms with Crippen molar-refractivity contribution in [2.45, 2.75) is 38.1 Å². The molecule has 4 aromatic rings. The van der Waals surface area contributed by atoms with Crippen molar-refractivity contribution in [3.8, 4) is 0 Å². The van der Waals surface area contributed by atoms with Gasteiger partial charge in [-0.3, -0.25) is 9.59 Å². The fourth-order valence-electron chi connectivity index (χ4n) is 6.05. The van der Waals surface area contributed by atoms with Crippen LogP contribution in [0.5, 0.6) is 0 Å². The van der Waals surface area contributed by atoms with Gasteiger partial charge in [0.25, 0.3) is 5.91 Å². The van der Waals surface area contributed by atoms with Gasteiger partial charge in [0, 0.05) is 29.9 Å². The Balaban J connectivity index is 1.44. The predicted molar refractivity (Wildman–Crippen MR) is 142 cm³/mol. The molecular formula is C31H31N3O2. The Morgan fingerprint density at radius 2 is 1.64 bits per heavy atom. The molecule has 0 radical (unpaired) electrons. The van der Waals surface area contributed by atoms with Crippen LogP contribution in [0.4, 0.5) is 0 Å². The molecule has 0 bridgehead atoms. The van der Waals surface area contributed by atoms with Crippen LogP contribution in [0.3, 0.4) is 0 Å². The summed E-state index contributed by atoms with van der Waals surface area (Å²) < 4.78 is 0. The second-order valence-corrected chi connectivity index (χ2v) is 10.1. The zero-order valence-corrected chi connectivity index (χ0v) is 20.8. The van der Waals surface area contributed by atoms with Crippen LogP contribution in [0.2, 0.25) is 0 Å². The number of aromatic nitrogens is 1. The molecule has 1 N–H and O–H groups in total. The number of benzene rings is 3. The number of carbonyl (C=O) groups excluding carboxylic acids is 2. The number of hydrogen-bond donors (Lipinski definition) is 1. The number of para-hydroxylation sites is 1. The van der Waals surface area contributed by atoms with Crippen molar-refractivity contribution in [3.05, 3.63) is 107 Å². The highest BCUT2D eigenvalue weighted by molar-refractivity contribution is 6.01. The number of amides is 2. The van der Waals surface area contributed by atoms with Gasteiger partial charge in [0.1, 0.15) is 0 Å². The molecule has 1 aromatic heterocycles. The predicted octanol–water partition coefficient (Wildman–Crippen LogP) is 5.00. The van der Waals surface area contributed by atoms with Crippen LogP contribution in [0.1, 0.15) is 47.7 Å². The molecule has 1 saturated heterocycles. The van der Waals surface area contributed by atoms with Gasteiger partial charge in [0.15, 0.2) is 5.54 Å². The third-order valence-corrected chi connectivity index (χ3v) is 8.12. The van der Waals surface area contributed by atoms with Gasteiger partial charge in [0.05, 0.1) is 12.2 Å².